The van der Waals surface area contributed by atoms with Crippen molar-refractivity contribution in [3.8, 4) is 0 Å². The zero-order valence-electron chi connectivity index (χ0n) is 12.4. The van der Waals surface area contributed by atoms with E-state index in [1.165, 1.54) is 19.3 Å². The van der Waals surface area contributed by atoms with Crippen LogP contribution in [-0.4, -0.2) is 41.3 Å². The number of thioether (sulfide) groups is 1. The summed E-state index contributed by atoms with van der Waals surface area (Å²) in [5.74, 6) is 0.228. The summed E-state index contributed by atoms with van der Waals surface area (Å²) in [6.07, 6.45) is 11.1. The van der Waals surface area contributed by atoms with Gasteiger partial charge < -0.3 is 15.7 Å². The molecule has 2 rings (SSSR count). The van der Waals surface area contributed by atoms with E-state index in [0.29, 0.717) is 11.3 Å². The van der Waals surface area contributed by atoms with Gasteiger partial charge in [0.2, 0.25) is 0 Å². The summed E-state index contributed by atoms with van der Waals surface area (Å²) in [5.41, 5.74) is 0. The largest absolute Gasteiger partial charge is 0.396 e. The number of carbonyl (C=O) groups is 1. The predicted molar refractivity (Wildman–Crippen MR) is 84.1 cm³/mol. The lowest BCUT2D eigenvalue weighted by Gasteiger charge is -2.25. The van der Waals surface area contributed by atoms with E-state index >= 15 is 0 Å². The molecule has 2 aliphatic carbocycles. The minimum absolute atomic E-state index is 0.0397. The molecule has 0 saturated heterocycles. The van der Waals surface area contributed by atoms with Crippen molar-refractivity contribution in [1.29, 1.82) is 0 Å². The van der Waals surface area contributed by atoms with Gasteiger partial charge in [0.1, 0.15) is 0 Å². The maximum atomic E-state index is 12.1. The Bertz CT molecular complexity index is 314. The second-order valence-corrected chi connectivity index (χ2v) is 7.31. The second-order valence-electron chi connectivity index (χ2n) is 6.17. The van der Waals surface area contributed by atoms with Gasteiger partial charge >= 0.3 is 6.03 Å². The Morgan fingerprint density at radius 2 is 1.95 bits per heavy atom. The first-order valence-corrected chi connectivity index (χ1v) is 9.22. The molecule has 0 aliphatic heterocycles. The van der Waals surface area contributed by atoms with Crippen LogP contribution < -0.4 is 10.6 Å². The van der Waals surface area contributed by atoms with Crippen molar-refractivity contribution in [2.45, 2.75) is 68.7 Å². The summed E-state index contributed by atoms with van der Waals surface area (Å²) < 4.78 is 0. The first kappa shape index (κ1) is 16.0. The number of nitrogens with one attached hydrogen (secondary N) is 2. The first-order chi connectivity index (χ1) is 9.72. The summed E-state index contributed by atoms with van der Waals surface area (Å²) in [7, 11) is 0. The Kier molecular flexibility index (Phi) is 6.49. The third-order valence-electron chi connectivity index (χ3n) is 4.76. The van der Waals surface area contributed by atoms with Gasteiger partial charge in [-0.05, 0) is 38.4 Å². The van der Waals surface area contributed by atoms with Crippen LogP contribution in [0, 0.1) is 5.92 Å². The van der Waals surface area contributed by atoms with Crippen LogP contribution in [0.5, 0.6) is 0 Å². The van der Waals surface area contributed by atoms with E-state index in [0.717, 1.165) is 32.1 Å². The van der Waals surface area contributed by atoms with Gasteiger partial charge in [0.05, 0.1) is 0 Å². The molecule has 0 heterocycles. The molecule has 0 radical (unpaired) electrons. The summed E-state index contributed by atoms with van der Waals surface area (Å²) in [5, 5.41) is 16.4. The summed E-state index contributed by atoms with van der Waals surface area (Å²) >= 11 is 1.90. The van der Waals surface area contributed by atoms with Crippen molar-refractivity contribution < 1.29 is 9.90 Å². The smallest absolute Gasteiger partial charge is 0.315 e. The highest BCUT2D eigenvalue weighted by Gasteiger charge is 2.28. The molecular formula is C15H28N2O2S. The molecule has 4 nitrogen and oxygen atoms in total. The fourth-order valence-electron chi connectivity index (χ4n) is 3.47. The molecule has 116 valence electrons. The Labute approximate surface area is 126 Å². The average Bonchev–Trinajstić information content (AvgIpc) is 2.77. The zero-order chi connectivity index (χ0) is 14.4. The minimum Gasteiger partial charge on any atom is -0.396 e. The molecule has 0 bridgehead atoms. The fraction of sp³-hybridized carbons (Fsp3) is 0.933. The molecule has 2 saturated carbocycles. The standard InChI is InChI=1S/C15H28N2O2S/c1-20-13-8-7-12(9-13)16-15(19)17-14-6-4-2-3-5-11(14)10-18/h11-14,18H,2-10H2,1H3,(H2,16,17,19). The Morgan fingerprint density at radius 1 is 1.15 bits per heavy atom. The molecule has 2 aliphatic rings. The maximum Gasteiger partial charge on any atom is 0.315 e. The number of aliphatic hydroxyl groups is 1. The van der Waals surface area contributed by atoms with Crippen LogP contribution in [-0.2, 0) is 0 Å². The Hall–Kier alpha value is -0.420. The molecule has 2 fully saturated rings. The molecule has 4 unspecified atom stereocenters. The van der Waals surface area contributed by atoms with Crippen LogP contribution in [0.15, 0.2) is 0 Å². The highest BCUT2D eigenvalue weighted by molar-refractivity contribution is 7.99. The number of hydrogen-bond acceptors (Lipinski definition) is 3. The van der Waals surface area contributed by atoms with Crippen molar-refractivity contribution in [1.82, 2.24) is 10.6 Å². The number of rotatable bonds is 4. The van der Waals surface area contributed by atoms with Crippen LogP contribution >= 0.6 is 11.8 Å². The van der Waals surface area contributed by atoms with Crippen LogP contribution in [0.4, 0.5) is 4.79 Å². The summed E-state index contributed by atoms with van der Waals surface area (Å²) in [6.45, 7) is 0.183. The first-order valence-electron chi connectivity index (χ1n) is 7.93. The lowest BCUT2D eigenvalue weighted by atomic mass is 9.96. The van der Waals surface area contributed by atoms with Crippen LogP contribution in [0.3, 0.4) is 0 Å². The predicted octanol–water partition coefficient (Wildman–Crippen LogP) is 2.51. The average molecular weight is 300 g/mol. The van der Waals surface area contributed by atoms with E-state index in [2.05, 4.69) is 16.9 Å². The SMILES string of the molecule is CSC1CCC(NC(=O)NC2CCCCCC2CO)C1. The number of urea groups is 1. The molecule has 0 aromatic heterocycles. The molecule has 0 aromatic carbocycles. The second kappa shape index (κ2) is 8.13. The lowest BCUT2D eigenvalue weighted by Crippen LogP contribution is -2.48. The van der Waals surface area contributed by atoms with Crippen molar-refractivity contribution in [2.75, 3.05) is 12.9 Å². The molecule has 0 spiro atoms. The minimum atomic E-state index is -0.0397. The molecule has 3 N–H and O–H groups in total. The van der Waals surface area contributed by atoms with Gasteiger partial charge in [-0.2, -0.15) is 11.8 Å². The normalized spacial score (nSPS) is 34.5. The lowest BCUT2D eigenvalue weighted by molar-refractivity contribution is 0.178. The van der Waals surface area contributed by atoms with Crippen LogP contribution in [0.2, 0.25) is 0 Å². The number of hydrogen-bond donors (Lipinski definition) is 3. The van der Waals surface area contributed by atoms with Gasteiger partial charge in [-0.15, -0.1) is 0 Å². The van der Waals surface area contributed by atoms with E-state index in [9.17, 15) is 9.90 Å². The molecule has 5 heteroatoms. The van der Waals surface area contributed by atoms with Gasteiger partial charge in [-0.1, -0.05) is 19.3 Å². The van der Waals surface area contributed by atoms with Crippen molar-refractivity contribution in [2.24, 2.45) is 5.92 Å². The zero-order valence-corrected chi connectivity index (χ0v) is 13.3. The maximum absolute atomic E-state index is 12.1. The molecular weight excluding hydrogens is 272 g/mol. The molecule has 0 aromatic rings. The van der Waals surface area contributed by atoms with Crippen LogP contribution in [0.1, 0.15) is 51.4 Å². The van der Waals surface area contributed by atoms with Gasteiger partial charge in [0.15, 0.2) is 0 Å². The number of amides is 2. The van der Waals surface area contributed by atoms with E-state index < -0.39 is 0 Å². The fourth-order valence-corrected chi connectivity index (χ4v) is 4.27. The molecule has 2 amide bonds. The third-order valence-corrected chi connectivity index (χ3v) is 5.86. The van der Waals surface area contributed by atoms with E-state index in [4.69, 9.17) is 0 Å². The summed E-state index contributed by atoms with van der Waals surface area (Å²) in [4.78, 5) is 12.1. The summed E-state index contributed by atoms with van der Waals surface area (Å²) in [6, 6.07) is 0.424. The highest BCUT2D eigenvalue weighted by Crippen LogP contribution is 2.28. The number of aliphatic hydroxyl groups excluding tert-OH is 1. The molecule has 20 heavy (non-hydrogen) atoms. The van der Waals surface area contributed by atoms with E-state index in [-0.39, 0.29) is 24.6 Å². The van der Waals surface area contributed by atoms with E-state index in [1.54, 1.807) is 0 Å². The van der Waals surface area contributed by atoms with E-state index in [1.807, 2.05) is 11.8 Å². The Morgan fingerprint density at radius 3 is 2.65 bits per heavy atom. The third kappa shape index (κ3) is 4.55. The molecule has 4 atom stereocenters. The quantitative estimate of drug-likeness (QED) is 0.699. The van der Waals surface area contributed by atoms with Crippen molar-refractivity contribution in [3.63, 3.8) is 0 Å². The van der Waals surface area contributed by atoms with Crippen molar-refractivity contribution in [3.05, 3.63) is 0 Å². The Balaban J connectivity index is 1.77. The number of carbonyl (C=O) groups excluding carboxylic acids is 1. The van der Waals surface area contributed by atoms with Gasteiger partial charge in [-0.3, -0.25) is 0 Å². The highest BCUT2D eigenvalue weighted by atomic mass is 32.2. The van der Waals surface area contributed by atoms with Gasteiger partial charge in [0, 0.05) is 29.9 Å². The monoisotopic (exact) mass is 300 g/mol. The van der Waals surface area contributed by atoms with Gasteiger partial charge in [-0.25, -0.2) is 4.79 Å². The van der Waals surface area contributed by atoms with Gasteiger partial charge in [0.25, 0.3) is 0 Å². The van der Waals surface area contributed by atoms with Crippen molar-refractivity contribution >= 4 is 17.8 Å². The topological polar surface area (TPSA) is 61.4 Å². The van der Waals surface area contributed by atoms with Crippen LogP contribution in [0.25, 0.3) is 0 Å².